The summed E-state index contributed by atoms with van der Waals surface area (Å²) in [4.78, 5) is 12.0. The van der Waals surface area contributed by atoms with Crippen LogP contribution < -0.4 is 20.1 Å². The zero-order chi connectivity index (χ0) is 15.5. The average Bonchev–Trinajstić information content (AvgIpc) is 2.95. The molecule has 0 saturated carbocycles. The van der Waals surface area contributed by atoms with E-state index in [1.165, 1.54) is 0 Å². The molecular formula is C15H11BrN2O3S. The molecule has 0 radical (unpaired) electrons. The maximum Gasteiger partial charge on any atom is 0.257 e. The Kier molecular flexibility index (Phi) is 4.26. The van der Waals surface area contributed by atoms with Crippen molar-refractivity contribution in [3.63, 3.8) is 0 Å². The molecule has 2 aromatic carbocycles. The smallest absolute Gasteiger partial charge is 0.257 e. The summed E-state index contributed by atoms with van der Waals surface area (Å²) in [6, 6.07) is 12.4. The molecule has 2 aromatic rings. The first-order valence-electron chi connectivity index (χ1n) is 6.40. The first-order chi connectivity index (χ1) is 10.6. The van der Waals surface area contributed by atoms with Gasteiger partial charge in [0.1, 0.15) is 0 Å². The minimum atomic E-state index is -0.269. The Labute approximate surface area is 140 Å². The number of benzene rings is 2. The number of halogens is 1. The van der Waals surface area contributed by atoms with E-state index in [1.807, 2.05) is 6.07 Å². The van der Waals surface area contributed by atoms with Crippen molar-refractivity contribution in [1.82, 2.24) is 5.32 Å². The molecule has 0 fully saturated rings. The summed E-state index contributed by atoms with van der Waals surface area (Å²) in [6.07, 6.45) is 0. The Balaban J connectivity index is 1.69. The normalized spacial score (nSPS) is 11.9. The molecule has 112 valence electrons. The molecule has 0 saturated heterocycles. The lowest BCUT2D eigenvalue weighted by Gasteiger charge is -2.11. The molecule has 7 heteroatoms. The van der Waals surface area contributed by atoms with Crippen LogP contribution in [0.5, 0.6) is 11.5 Å². The van der Waals surface area contributed by atoms with Crippen molar-refractivity contribution in [3.05, 3.63) is 52.5 Å². The number of amides is 1. The standard InChI is InChI=1S/C15H11BrN2O3S/c16-10-6-12-13(21-8-20-12)7-11(10)17-15(22)18-14(19)9-4-2-1-3-5-9/h1-7H,8H2,(H2,17,18,19,22). The fraction of sp³-hybridized carbons (Fsp3) is 0.0667. The van der Waals surface area contributed by atoms with E-state index in [-0.39, 0.29) is 17.8 Å². The number of hydrogen-bond donors (Lipinski definition) is 2. The lowest BCUT2D eigenvalue weighted by molar-refractivity contribution is 0.0977. The predicted octanol–water partition coefficient (Wildman–Crippen LogP) is 3.30. The number of anilines is 1. The lowest BCUT2D eigenvalue weighted by Crippen LogP contribution is -2.34. The van der Waals surface area contributed by atoms with Crippen molar-refractivity contribution in [3.8, 4) is 11.5 Å². The Morgan fingerprint density at radius 3 is 2.55 bits per heavy atom. The summed E-state index contributed by atoms with van der Waals surface area (Å²) in [5.74, 6) is 1.02. The van der Waals surface area contributed by atoms with E-state index in [0.717, 1.165) is 4.47 Å². The Bertz CT molecular complexity index is 737. The van der Waals surface area contributed by atoms with E-state index < -0.39 is 0 Å². The molecular weight excluding hydrogens is 368 g/mol. The van der Waals surface area contributed by atoms with Gasteiger partial charge in [0, 0.05) is 22.2 Å². The van der Waals surface area contributed by atoms with E-state index in [0.29, 0.717) is 22.7 Å². The van der Waals surface area contributed by atoms with E-state index >= 15 is 0 Å². The zero-order valence-electron chi connectivity index (χ0n) is 11.3. The second-order valence-corrected chi connectivity index (χ2v) is 5.72. The van der Waals surface area contributed by atoms with Gasteiger partial charge in [-0.2, -0.15) is 0 Å². The fourth-order valence-electron chi connectivity index (χ4n) is 1.93. The van der Waals surface area contributed by atoms with E-state index in [2.05, 4.69) is 26.6 Å². The number of fused-ring (bicyclic) bond motifs is 1. The van der Waals surface area contributed by atoms with Crippen LogP contribution in [-0.4, -0.2) is 17.8 Å². The summed E-state index contributed by atoms with van der Waals surface area (Å²) < 4.78 is 11.3. The maximum atomic E-state index is 12.0. The highest BCUT2D eigenvalue weighted by Crippen LogP contribution is 2.39. The van der Waals surface area contributed by atoms with Crippen LogP contribution in [0.25, 0.3) is 0 Å². The molecule has 0 atom stereocenters. The summed E-state index contributed by atoms with van der Waals surface area (Å²) in [7, 11) is 0. The SMILES string of the molecule is O=C(NC(=S)Nc1cc2c(cc1Br)OCO2)c1ccccc1. The van der Waals surface area contributed by atoms with Gasteiger partial charge in [-0.05, 0) is 40.3 Å². The summed E-state index contributed by atoms with van der Waals surface area (Å²) in [6.45, 7) is 0.195. The van der Waals surface area contributed by atoms with Gasteiger partial charge >= 0.3 is 0 Å². The maximum absolute atomic E-state index is 12.0. The third kappa shape index (κ3) is 3.20. The van der Waals surface area contributed by atoms with Crippen molar-refractivity contribution < 1.29 is 14.3 Å². The minimum Gasteiger partial charge on any atom is -0.454 e. The molecule has 0 spiro atoms. The van der Waals surface area contributed by atoms with Crippen molar-refractivity contribution in [2.24, 2.45) is 0 Å². The van der Waals surface area contributed by atoms with Gasteiger partial charge in [0.05, 0.1) is 5.69 Å². The van der Waals surface area contributed by atoms with Crippen molar-refractivity contribution >= 4 is 44.9 Å². The van der Waals surface area contributed by atoms with Crippen molar-refractivity contribution in [1.29, 1.82) is 0 Å². The van der Waals surface area contributed by atoms with Crippen LogP contribution in [-0.2, 0) is 0 Å². The highest BCUT2D eigenvalue weighted by atomic mass is 79.9. The number of carbonyl (C=O) groups excluding carboxylic acids is 1. The van der Waals surface area contributed by atoms with Gasteiger partial charge in [0.25, 0.3) is 5.91 Å². The van der Waals surface area contributed by atoms with Crippen molar-refractivity contribution in [2.45, 2.75) is 0 Å². The largest absolute Gasteiger partial charge is 0.454 e. The second kappa shape index (κ2) is 6.33. The highest BCUT2D eigenvalue weighted by molar-refractivity contribution is 9.10. The second-order valence-electron chi connectivity index (χ2n) is 4.46. The van der Waals surface area contributed by atoms with Crippen LogP contribution in [0.2, 0.25) is 0 Å². The van der Waals surface area contributed by atoms with E-state index in [1.54, 1.807) is 36.4 Å². The fourth-order valence-corrected chi connectivity index (χ4v) is 2.56. The number of rotatable bonds is 2. The number of thiocarbonyl (C=S) groups is 1. The molecule has 2 N–H and O–H groups in total. The Morgan fingerprint density at radius 1 is 1.14 bits per heavy atom. The van der Waals surface area contributed by atoms with Crippen LogP contribution >= 0.6 is 28.1 Å². The van der Waals surface area contributed by atoms with Crippen LogP contribution in [0.15, 0.2) is 46.9 Å². The number of ether oxygens (including phenoxy) is 2. The summed E-state index contributed by atoms with van der Waals surface area (Å²) in [5, 5.41) is 5.79. The molecule has 0 unspecified atom stereocenters. The van der Waals surface area contributed by atoms with Gasteiger partial charge < -0.3 is 14.8 Å². The molecule has 1 amide bonds. The minimum absolute atomic E-state index is 0.195. The van der Waals surface area contributed by atoms with Gasteiger partial charge in [-0.25, -0.2) is 0 Å². The molecule has 0 aromatic heterocycles. The van der Waals surface area contributed by atoms with Crippen LogP contribution in [0.1, 0.15) is 10.4 Å². The molecule has 0 bridgehead atoms. The van der Waals surface area contributed by atoms with Crippen LogP contribution in [0.3, 0.4) is 0 Å². The Morgan fingerprint density at radius 2 is 1.82 bits per heavy atom. The van der Waals surface area contributed by atoms with Gasteiger partial charge in [-0.3, -0.25) is 10.1 Å². The quantitative estimate of drug-likeness (QED) is 0.785. The third-order valence-electron chi connectivity index (χ3n) is 2.97. The first-order valence-corrected chi connectivity index (χ1v) is 7.60. The summed E-state index contributed by atoms with van der Waals surface area (Å²) in [5.41, 5.74) is 1.22. The molecule has 1 aliphatic heterocycles. The third-order valence-corrected chi connectivity index (χ3v) is 3.83. The van der Waals surface area contributed by atoms with Gasteiger partial charge in [-0.15, -0.1) is 0 Å². The topological polar surface area (TPSA) is 59.6 Å². The van der Waals surface area contributed by atoms with E-state index in [4.69, 9.17) is 21.7 Å². The molecule has 22 heavy (non-hydrogen) atoms. The molecule has 5 nitrogen and oxygen atoms in total. The molecule has 1 heterocycles. The Hall–Kier alpha value is -2.12. The highest BCUT2D eigenvalue weighted by Gasteiger charge is 2.17. The summed E-state index contributed by atoms with van der Waals surface area (Å²) >= 11 is 8.58. The molecule has 1 aliphatic rings. The number of carbonyl (C=O) groups is 1. The molecule has 3 rings (SSSR count). The number of nitrogens with one attached hydrogen (secondary N) is 2. The monoisotopic (exact) mass is 378 g/mol. The van der Waals surface area contributed by atoms with Crippen LogP contribution in [0, 0.1) is 0 Å². The van der Waals surface area contributed by atoms with Crippen molar-refractivity contribution in [2.75, 3.05) is 12.1 Å². The molecule has 0 aliphatic carbocycles. The van der Waals surface area contributed by atoms with Crippen LogP contribution in [0.4, 0.5) is 5.69 Å². The zero-order valence-corrected chi connectivity index (χ0v) is 13.7. The van der Waals surface area contributed by atoms with Gasteiger partial charge in [0.15, 0.2) is 16.6 Å². The number of hydrogen-bond acceptors (Lipinski definition) is 4. The van der Waals surface area contributed by atoms with Gasteiger partial charge in [-0.1, -0.05) is 18.2 Å². The van der Waals surface area contributed by atoms with E-state index in [9.17, 15) is 4.79 Å². The lowest BCUT2D eigenvalue weighted by atomic mass is 10.2. The van der Waals surface area contributed by atoms with Gasteiger partial charge in [0.2, 0.25) is 6.79 Å². The first kappa shape index (κ1) is 14.8. The predicted molar refractivity (Wildman–Crippen MR) is 90.4 cm³/mol. The average molecular weight is 379 g/mol.